The minimum Gasteiger partial charge on any atom is -0.407 e. The molecule has 0 aliphatic heterocycles. The molecule has 0 saturated heterocycles. The van der Waals surface area contributed by atoms with Crippen LogP contribution in [0.5, 0.6) is 0 Å². The molecule has 0 radical (unpaired) electrons. The Hall–Kier alpha value is -1.50. The third-order valence-corrected chi connectivity index (χ3v) is 11.9. The van der Waals surface area contributed by atoms with Gasteiger partial charge in [-0.15, -0.1) is 0 Å². The maximum atomic E-state index is 12.5. The van der Waals surface area contributed by atoms with Crippen molar-refractivity contribution in [2.75, 3.05) is 6.61 Å². The van der Waals surface area contributed by atoms with Crippen molar-refractivity contribution in [3.63, 3.8) is 0 Å². The summed E-state index contributed by atoms with van der Waals surface area (Å²) in [6, 6.07) is 21.2. The average Bonchev–Trinajstić information content (AvgIpc) is 2.58. The van der Waals surface area contributed by atoms with E-state index in [2.05, 4.69) is 88.9 Å². The molecule has 0 aliphatic rings. The lowest BCUT2D eigenvalue weighted by molar-refractivity contribution is -0.113. The molecule has 0 bridgehead atoms. The highest BCUT2D eigenvalue weighted by atomic mass is 28.4. The second kappa shape index (κ2) is 8.03. The van der Waals surface area contributed by atoms with Gasteiger partial charge in [0.05, 0.1) is 0 Å². The zero-order valence-corrected chi connectivity index (χ0v) is 19.0. The Balaban J connectivity index is 2.46. The molecule has 0 N–H and O–H groups in total. The SMILES string of the molecule is CC(C)(C)[Si](OCCC(=O)[Si](C)(C)C)(c1ccccc1)c1ccccc1. The van der Waals surface area contributed by atoms with Crippen LogP contribution >= 0.6 is 0 Å². The second-order valence-corrected chi connectivity index (χ2v) is 18.3. The van der Waals surface area contributed by atoms with Gasteiger partial charge < -0.3 is 9.22 Å². The van der Waals surface area contributed by atoms with Crippen LogP contribution in [-0.2, 0) is 9.22 Å². The number of hydrogen-bond donors (Lipinski definition) is 0. The molecule has 0 unspecified atom stereocenters. The first-order valence-electron chi connectivity index (χ1n) is 9.37. The Bertz CT molecular complexity index is 674. The van der Waals surface area contributed by atoms with E-state index in [-0.39, 0.29) is 5.04 Å². The highest BCUT2D eigenvalue weighted by Gasteiger charge is 2.50. The summed E-state index contributed by atoms with van der Waals surface area (Å²) in [7, 11) is -4.28. The maximum absolute atomic E-state index is 12.5. The Labute approximate surface area is 160 Å². The van der Waals surface area contributed by atoms with Crippen molar-refractivity contribution in [3.05, 3.63) is 60.7 Å². The highest BCUT2D eigenvalue weighted by Crippen LogP contribution is 2.36. The summed E-state index contributed by atoms with van der Waals surface area (Å²) in [6.45, 7) is 13.6. The molecule has 2 aromatic carbocycles. The molecule has 0 aliphatic carbocycles. The molecule has 140 valence electrons. The number of carbonyl (C=O) groups is 1. The van der Waals surface area contributed by atoms with Crippen LogP contribution in [-0.4, -0.2) is 28.4 Å². The molecule has 0 atom stereocenters. The molecule has 4 heteroatoms. The third kappa shape index (κ3) is 4.42. The zero-order chi connectivity index (χ0) is 19.4. The van der Waals surface area contributed by atoms with Gasteiger partial charge in [0.1, 0.15) is 13.5 Å². The average molecular weight is 385 g/mol. The standard InChI is InChI=1S/C22H32O2Si2/c1-22(2,3)26(19-13-9-7-10-14-19,20-15-11-8-12-16-20)24-18-17-21(23)25(4,5)6/h7-16H,17-18H2,1-6H3. The van der Waals surface area contributed by atoms with Gasteiger partial charge in [-0.2, -0.15) is 0 Å². The monoisotopic (exact) mass is 384 g/mol. The lowest BCUT2D eigenvalue weighted by Crippen LogP contribution is -2.66. The molecule has 2 aromatic rings. The first kappa shape index (κ1) is 20.8. The number of benzene rings is 2. The van der Waals surface area contributed by atoms with E-state index < -0.39 is 16.4 Å². The molecule has 26 heavy (non-hydrogen) atoms. The van der Waals surface area contributed by atoms with Crippen molar-refractivity contribution >= 4 is 32.2 Å². The highest BCUT2D eigenvalue weighted by molar-refractivity contribution is 7.03. The molecular formula is C22H32O2Si2. The molecule has 2 rings (SSSR count). The Morgan fingerprint density at radius 3 is 1.62 bits per heavy atom. The number of hydrogen-bond acceptors (Lipinski definition) is 2. The van der Waals surface area contributed by atoms with Crippen molar-refractivity contribution in [2.45, 2.75) is 51.9 Å². The van der Waals surface area contributed by atoms with E-state index in [1.807, 2.05) is 12.1 Å². The van der Waals surface area contributed by atoms with Gasteiger partial charge in [-0.1, -0.05) is 101 Å². The van der Waals surface area contributed by atoms with Crippen LogP contribution in [0.4, 0.5) is 0 Å². The smallest absolute Gasteiger partial charge is 0.261 e. The molecule has 2 nitrogen and oxygen atoms in total. The maximum Gasteiger partial charge on any atom is 0.261 e. The van der Waals surface area contributed by atoms with Crippen molar-refractivity contribution in [1.29, 1.82) is 0 Å². The Kier molecular flexibility index (Phi) is 6.43. The predicted molar refractivity (Wildman–Crippen MR) is 117 cm³/mol. The van der Waals surface area contributed by atoms with E-state index in [0.717, 1.165) is 0 Å². The second-order valence-electron chi connectivity index (χ2n) is 8.93. The van der Waals surface area contributed by atoms with Gasteiger partial charge in [0.2, 0.25) is 0 Å². The van der Waals surface area contributed by atoms with Gasteiger partial charge in [-0.25, -0.2) is 0 Å². The molecule has 0 spiro atoms. The van der Waals surface area contributed by atoms with Crippen LogP contribution in [0.1, 0.15) is 27.2 Å². The van der Waals surface area contributed by atoms with Crippen molar-refractivity contribution in [1.82, 2.24) is 0 Å². The van der Waals surface area contributed by atoms with E-state index in [0.29, 0.717) is 18.4 Å². The molecule has 0 saturated carbocycles. The van der Waals surface area contributed by atoms with Gasteiger partial charge in [-0.05, 0) is 15.4 Å². The third-order valence-electron chi connectivity index (χ3n) is 4.90. The van der Waals surface area contributed by atoms with Gasteiger partial charge in [-0.3, -0.25) is 0 Å². The van der Waals surface area contributed by atoms with Crippen LogP contribution in [0.2, 0.25) is 24.7 Å². The normalized spacial score (nSPS) is 12.8. The van der Waals surface area contributed by atoms with Crippen molar-refractivity contribution in [3.8, 4) is 0 Å². The van der Waals surface area contributed by atoms with Crippen LogP contribution in [0.3, 0.4) is 0 Å². The first-order chi connectivity index (χ1) is 12.1. The molecule has 0 heterocycles. The summed E-state index contributed by atoms with van der Waals surface area (Å²) in [4.78, 5) is 12.5. The summed E-state index contributed by atoms with van der Waals surface area (Å²) in [6.07, 6.45) is 0.514. The van der Waals surface area contributed by atoms with Crippen LogP contribution in [0.15, 0.2) is 60.7 Å². The van der Waals surface area contributed by atoms with Gasteiger partial charge in [0.25, 0.3) is 8.32 Å². The van der Waals surface area contributed by atoms with Crippen molar-refractivity contribution in [2.24, 2.45) is 0 Å². The lowest BCUT2D eigenvalue weighted by Gasteiger charge is -2.43. The van der Waals surface area contributed by atoms with Crippen LogP contribution in [0.25, 0.3) is 0 Å². The fourth-order valence-electron chi connectivity index (χ4n) is 3.43. The van der Waals surface area contributed by atoms with Crippen molar-refractivity contribution < 1.29 is 9.22 Å². The first-order valence-corrected chi connectivity index (χ1v) is 14.8. The summed E-state index contributed by atoms with van der Waals surface area (Å²) in [5.41, 5.74) is 0. The van der Waals surface area contributed by atoms with Gasteiger partial charge >= 0.3 is 0 Å². The van der Waals surface area contributed by atoms with E-state index in [1.54, 1.807) is 0 Å². The predicted octanol–water partition coefficient (Wildman–Crippen LogP) is 4.40. The number of rotatable bonds is 7. The lowest BCUT2D eigenvalue weighted by atomic mass is 10.2. The fourth-order valence-corrected chi connectivity index (χ4v) is 8.85. The summed E-state index contributed by atoms with van der Waals surface area (Å²) in [5, 5.41) is 2.87. The van der Waals surface area contributed by atoms with Crippen LogP contribution < -0.4 is 10.4 Å². The molecule has 0 amide bonds. The van der Waals surface area contributed by atoms with E-state index >= 15 is 0 Å². The molecular weight excluding hydrogens is 352 g/mol. The Morgan fingerprint density at radius 1 is 0.846 bits per heavy atom. The van der Waals surface area contributed by atoms with Crippen LogP contribution in [0, 0.1) is 0 Å². The van der Waals surface area contributed by atoms with E-state index in [9.17, 15) is 4.79 Å². The molecule has 0 aromatic heterocycles. The minimum absolute atomic E-state index is 0.0437. The van der Waals surface area contributed by atoms with Gasteiger partial charge in [0.15, 0.2) is 0 Å². The largest absolute Gasteiger partial charge is 0.407 e. The summed E-state index contributed by atoms with van der Waals surface area (Å²) in [5.74, 6) is 0. The number of carbonyl (C=O) groups excluding carboxylic acids is 1. The zero-order valence-electron chi connectivity index (χ0n) is 17.0. The van der Waals surface area contributed by atoms with E-state index in [1.165, 1.54) is 10.4 Å². The Morgan fingerprint density at radius 2 is 1.27 bits per heavy atom. The quantitative estimate of drug-likeness (QED) is 0.661. The topological polar surface area (TPSA) is 26.3 Å². The minimum atomic E-state index is -2.51. The van der Waals surface area contributed by atoms with E-state index in [4.69, 9.17) is 4.43 Å². The summed E-state index contributed by atoms with van der Waals surface area (Å²) >= 11 is 0. The molecule has 0 fully saturated rings. The van der Waals surface area contributed by atoms with Gasteiger partial charge in [0, 0.05) is 13.0 Å². The fraction of sp³-hybridized carbons (Fsp3) is 0.409. The summed E-state index contributed by atoms with van der Waals surface area (Å²) < 4.78 is 6.77.